The van der Waals surface area contributed by atoms with Gasteiger partial charge in [-0.25, -0.2) is 4.98 Å². The maximum absolute atomic E-state index is 12.1. The molecule has 2 aromatic rings. The number of hydrogen-bond donors (Lipinski definition) is 1. The van der Waals surface area contributed by atoms with Crippen LogP contribution in [0.25, 0.3) is 0 Å². The Morgan fingerprint density at radius 3 is 3.00 bits per heavy atom. The average Bonchev–Trinajstić information content (AvgIpc) is 2.96. The van der Waals surface area contributed by atoms with Gasteiger partial charge in [0.2, 0.25) is 6.79 Å². The van der Waals surface area contributed by atoms with Gasteiger partial charge in [0.05, 0.1) is 0 Å². The zero-order valence-electron chi connectivity index (χ0n) is 11.5. The Kier molecular flexibility index (Phi) is 3.55. The third-order valence-corrected chi connectivity index (χ3v) is 3.12. The van der Waals surface area contributed by atoms with Gasteiger partial charge in [-0.15, -0.1) is 0 Å². The quantitative estimate of drug-likeness (QED) is 0.690. The van der Waals surface area contributed by atoms with E-state index >= 15 is 0 Å². The van der Waals surface area contributed by atoms with Gasteiger partial charge in [0.15, 0.2) is 17.3 Å². The van der Waals surface area contributed by atoms with Gasteiger partial charge in [0, 0.05) is 24.0 Å². The summed E-state index contributed by atoms with van der Waals surface area (Å²) < 4.78 is 10.5. The number of benzene rings is 1. The number of allylic oxidation sites excluding steroid dienone is 1. The van der Waals surface area contributed by atoms with E-state index in [0.29, 0.717) is 17.1 Å². The number of aromatic nitrogens is 1. The number of pyridine rings is 1. The van der Waals surface area contributed by atoms with Crippen molar-refractivity contribution in [2.24, 2.45) is 0 Å². The number of hydrogen-bond acceptors (Lipinski definition) is 5. The lowest BCUT2D eigenvalue weighted by molar-refractivity contribution is 0.104. The van der Waals surface area contributed by atoms with Crippen molar-refractivity contribution in [2.75, 3.05) is 12.1 Å². The number of rotatable bonds is 4. The molecule has 5 heteroatoms. The molecule has 0 unspecified atom stereocenters. The van der Waals surface area contributed by atoms with E-state index in [1.54, 1.807) is 30.6 Å². The molecule has 1 aromatic carbocycles. The first kappa shape index (κ1) is 13.2. The van der Waals surface area contributed by atoms with Gasteiger partial charge in [-0.3, -0.25) is 4.79 Å². The van der Waals surface area contributed by atoms with Gasteiger partial charge in [-0.2, -0.15) is 0 Å². The van der Waals surface area contributed by atoms with E-state index in [0.717, 1.165) is 11.4 Å². The first-order chi connectivity index (χ1) is 10.2. The second kappa shape index (κ2) is 5.66. The zero-order valence-corrected chi connectivity index (χ0v) is 11.5. The minimum absolute atomic E-state index is 0.116. The van der Waals surface area contributed by atoms with Crippen LogP contribution in [0.1, 0.15) is 15.9 Å². The summed E-state index contributed by atoms with van der Waals surface area (Å²) >= 11 is 0. The largest absolute Gasteiger partial charge is 0.454 e. The first-order valence-electron chi connectivity index (χ1n) is 6.53. The number of fused-ring (bicyclic) bond motifs is 1. The zero-order chi connectivity index (χ0) is 14.7. The number of ether oxygens (including phenoxy) is 2. The van der Waals surface area contributed by atoms with Crippen LogP contribution >= 0.6 is 0 Å². The molecule has 1 N–H and O–H groups in total. The summed E-state index contributed by atoms with van der Waals surface area (Å²) in [4.78, 5) is 16.3. The molecule has 0 fully saturated rings. The van der Waals surface area contributed by atoms with Gasteiger partial charge in [-0.1, -0.05) is 6.07 Å². The molecular formula is C16H14N2O3. The fraction of sp³-hybridized carbons (Fsp3) is 0.125. The van der Waals surface area contributed by atoms with E-state index in [1.807, 2.05) is 19.1 Å². The molecule has 21 heavy (non-hydrogen) atoms. The van der Waals surface area contributed by atoms with E-state index in [1.165, 1.54) is 6.08 Å². The maximum atomic E-state index is 12.1. The highest BCUT2D eigenvalue weighted by Gasteiger charge is 2.14. The lowest BCUT2D eigenvalue weighted by atomic mass is 10.1. The summed E-state index contributed by atoms with van der Waals surface area (Å²) in [5.41, 5.74) is 1.56. The fourth-order valence-corrected chi connectivity index (χ4v) is 1.98. The summed E-state index contributed by atoms with van der Waals surface area (Å²) in [6.45, 7) is 2.14. The second-order valence-corrected chi connectivity index (χ2v) is 4.58. The lowest BCUT2D eigenvalue weighted by Crippen LogP contribution is -1.98. The molecule has 0 radical (unpaired) electrons. The van der Waals surface area contributed by atoms with Crippen LogP contribution in [0.3, 0.4) is 0 Å². The Bertz CT molecular complexity index is 710. The van der Waals surface area contributed by atoms with Crippen LogP contribution < -0.4 is 14.8 Å². The summed E-state index contributed by atoms with van der Waals surface area (Å²) in [6.07, 6.45) is 4.75. The predicted octanol–water partition coefficient (Wildman–Crippen LogP) is 2.93. The Labute approximate surface area is 122 Å². The Morgan fingerprint density at radius 1 is 1.29 bits per heavy atom. The van der Waals surface area contributed by atoms with Crippen molar-refractivity contribution in [3.8, 4) is 11.5 Å². The third kappa shape index (κ3) is 2.86. The van der Waals surface area contributed by atoms with Gasteiger partial charge in [0.1, 0.15) is 5.82 Å². The monoisotopic (exact) mass is 282 g/mol. The minimum Gasteiger partial charge on any atom is -0.454 e. The van der Waals surface area contributed by atoms with Crippen LogP contribution in [0, 0.1) is 6.92 Å². The number of carbonyl (C=O) groups excluding carboxylic acids is 1. The van der Waals surface area contributed by atoms with Crippen molar-refractivity contribution in [2.45, 2.75) is 6.92 Å². The highest BCUT2D eigenvalue weighted by molar-refractivity contribution is 6.05. The molecule has 106 valence electrons. The van der Waals surface area contributed by atoms with E-state index in [-0.39, 0.29) is 12.6 Å². The summed E-state index contributed by atoms with van der Waals surface area (Å²) in [7, 11) is 0. The first-order valence-corrected chi connectivity index (χ1v) is 6.53. The Hall–Kier alpha value is -2.82. The Morgan fingerprint density at radius 2 is 2.14 bits per heavy atom. The summed E-state index contributed by atoms with van der Waals surface area (Å²) in [5, 5.41) is 3.00. The van der Waals surface area contributed by atoms with Crippen LogP contribution in [0.5, 0.6) is 11.5 Å². The smallest absolute Gasteiger partial charge is 0.231 e. The lowest BCUT2D eigenvalue weighted by Gasteiger charge is -2.03. The topological polar surface area (TPSA) is 60.5 Å². The number of nitrogens with zero attached hydrogens (tertiary/aromatic N) is 1. The van der Waals surface area contributed by atoms with Gasteiger partial charge in [-0.05, 0) is 36.8 Å². The van der Waals surface area contributed by atoms with E-state index in [9.17, 15) is 4.79 Å². The van der Waals surface area contributed by atoms with Crippen LogP contribution in [-0.2, 0) is 0 Å². The molecule has 5 nitrogen and oxygen atoms in total. The van der Waals surface area contributed by atoms with E-state index in [4.69, 9.17) is 9.47 Å². The van der Waals surface area contributed by atoms with Crippen molar-refractivity contribution in [3.63, 3.8) is 0 Å². The van der Waals surface area contributed by atoms with Crippen LogP contribution in [0.4, 0.5) is 5.82 Å². The number of aryl methyl sites for hydroxylation is 1. The number of nitrogens with one attached hydrogen (secondary N) is 1. The van der Waals surface area contributed by atoms with Crippen LogP contribution in [0.15, 0.2) is 48.8 Å². The van der Waals surface area contributed by atoms with Crippen molar-refractivity contribution < 1.29 is 14.3 Å². The molecule has 2 heterocycles. The highest BCUT2D eigenvalue weighted by Crippen LogP contribution is 2.32. The van der Waals surface area contributed by atoms with Crippen molar-refractivity contribution in [1.29, 1.82) is 0 Å². The summed E-state index contributed by atoms with van der Waals surface area (Å²) in [5.74, 6) is 1.88. The van der Waals surface area contributed by atoms with Crippen molar-refractivity contribution >= 4 is 11.6 Å². The fourth-order valence-electron chi connectivity index (χ4n) is 1.98. The molecule has 0 atom stereocenters. The molecule has 0 amide bonds. The SMILES string of the molecule is Cc1cccnc1N/C=C\C(=O)c1ccc2c(c1)OCO2. The average molecular weight is 282 g/mol. The maximum Gasteiger partial charge on any atom is 0.231 e. The second-order valence-electron chi connectivity index (χ2n) is 4.58. The Balaban J connectivity index is 1.69. The molecule has 1 aromatic heterocycles. The third-order valence-electron chi connectivity index (χ3n) is 3.12. The number of anilines is 1. The molecule has 0 spiro atoms. The number of carbonyl (C=O) groups is 1. The van der Waals surface area contributed by atoms with E-state index in [2.05, 4.69) is 10.3 Å². The van der Waals surface area contributed by atoms with Crippen LogP contribution in [-0.4, -0.2) is 17.6 Å². The van der Waals surface area contributed by atoms with Gasteiger partial charge in [0.25, 0.3) is 0 Å². The molecule has 1 aliphatic rings. The highest BCUT2D eigenvalue weighted by atomic mass is 16.7. The van der Waals surface area contributed by atoms with Gasteiger partial charge < -0.3 is 14.8 Å². The summed E-state index contributed by atoms with van der Waals surface area (Å²) in [6, 6.07) is 8.94. The molecular weight excluding hydrogens is 268 g/mol. The normalized spacial score (nSPS) is 12.6. The minimum atomic E-state index is -0.116. The standard InChI is InChI=1S/C16H14N2O3/c1-11-3-2-7-17-16(11)18-8-6-13(19)12-4-5-14-15(9-12)21-10-20-14/h2-9H,10H2,1H3,(H,17,18)/b8-6-. The molecule has 0 aliphatic carbocycles. The van der Waals surface area contributed by atoms with Gasteiger partial charge >= 0.3 is 0 Å². The van der Waals surface area contributed by atoms with Crippen molar-refractivity contribution in [3.05, 3.63) is 59.9 Å². The molecule has 0 saturated carbocycles. The molecule has 3 rings (SSSR count). The number of ketones is 1. The van der Waals surface area contributed by atoms with E-state index < -0.39 is 0 Å². The van der Waals surface area contributed by atoms with Crippen LogP contribution in [0.2, 0.25) is 0 Å². The molecule has 1 aliphatic heterocycles. The molecule has 0 saturated heterocycles. The molecule has 0 bridgehead atoms. The predicted molar refractivity (Wildman–Crippen MR) is 78.6 cm³/mol. The van der Waals surface area contributed by atoms with Crippen molar-refractivity contribution in [1.82, 2.24) is 4.98 Å².